The van der Waals surface area contributed by atoms with Crippen LogP contribution in [0.15, 0.2) is 116 Å². The van der Waals surface area contributed by atoms with Gasteiger partial charge in [-0.25, -0.2) is 4.98 Å². The van der Waals surface area contributed by atoms with Crippen molar-refractivity contribution in [3.05, 3.63) is 138 Å². The van der Waals surface area contributed by atoms with Crippen LogP contribution in [0.1, 0.15) is 47.2 Å². The zero-order valence-corrected chi connectivity index (χ0v) is 25.5. The summed E-state index contributed by atoms with van der Waals surface area (Å²) in [6, 6.07) is 34.1. The van der Waals surface area contributed by atoms with Crippen LogP contribution in [0.2, 0.25) is 0 Å². The zero-order valence-electron chi connectivity index (χ0n) is 25.5. The van der Waals surface area contributed by atoms with E-state index in [1.807, 2.05) is 103 Å². The molecule has 1 aliphatic rings. The zero-order chi connectivity index (χ0) is 31.7. The van der Waals surface area contributed by atoms with E-state index in [0.29, 0.717) is 38.3 Å². The second kappa shape index (κ2) is 14.5. The molecule has 46 heavy (non-hydrogen) atoms. The number of nitrogens with zero attached hydrogens (tertiary/aromatic N) is 4. The van der Waals surface area contributed by atoms with E-state index in [1.165, 1.54) is 0 Å². The third-order valence-electron chi connectivity index (χ3n) is 8.50. The number of aromatic nitrogens is 2. The Labute approximate surface area is 268 Å². The maximum absolute atomic E-state index is 13.9. The summed E-state index contributed by atoms with van der Waals surface area (Å²) in [7, 11) is 0. The van der Waals surface area contributed by atoms with Crippen LogP contribution in [0.3, 0.4) is 0 Å². The molecular formula is C38H35N5O3. The summed E-state index contributed by atoms with van der Waals surface area (Å²) in [5.41, 5.74) is 4.14. The van der Waals surface area contributed by atoms with E-state index < -0.39 is 6.04 Å². The number of nitrogens with one attached hydrogen (secondary N) is 1. The lowest BCUT2D eigenvalue weighted by Crippen LogP contribution is -2.46. The molecule has 6 rings (SSSR count). The normalized spacial score (nSPS) is 14.6. The summed E-state index contributed by atoms with van der Waals surface area (Å²) in [6.45, 7) is 1.35. The van der Waals surface area contributed by atoms with Gasteiger partial charge in [0.25, 0.3) is 0 Å². The Kier molecular flexibility index (Phi) is 9.60. The van der Waals surface area contributed by atoms with Crippen molar-refractivity contribution in [2.24, 2.45) is 5.92 Å². The molecule has 1 N–H and O–H groups in total. The van der Waals surface area contributed by atoms with Gasteiger partial charge in [0.05, 0.1) is 29.6 Å². The summed E-state index contributed by atoms with van der Waals surface area (Å²) in [5, 5.41) is 14.0. The van der Waals surface area contributed by atoms with E-state index in [2.05, 4.69) is 21.4 Å². The minimum absolute atomic E-state index is 0.0963. The van der Waals surface area contributed by atoms with E-state index in [0.717, 1.165) is 33.3 Å². The number of para-hydroxylation sites is 1. The fraction of sp³-hybridized carbons (Fsp3) is 0.237. The number of benzene rings is 3. The van der Waals surface area contributed by atoms with Crippen LogP contribution >= 0.6 is 0 Å². The molecule has 3 heterocycles. The van der Waals surface area contributed by atoms with Crippen molar-refractivity contribution in [3.63, 3.8) is 0 Å². The first-order valence-corrected chi connectivity index (χ1v) is 15.6. The third kappa shape index (κ3) is 7.39. The second-order valence-electron chi connectivity index (χ2n) is 11.6. The molecule has 1 aliphatic heterocycles. The smallest absolute Gasteiger partial charge is 0.249 e. The van der Waals surface area contributed by atoms with E-state index >= 15 is 0 Å². The number of likely N-dealkylation sites (tertiary alicyclic amines) is 1. The molecule has 2 aromatic heterocycles. The molecule has 2 unspecified atom stereocenters. The first kappa shape index (κ1) is 30.5. The van der Waals surface area contributed by atoms with Gasteiger partial charge in [-0.3, -0.25) is 14.6 Å². The first-order chi connectivity index (χ1) is 22.6. The summed E-state index contributed by atoms with van der Waals surface area (Å²) in [6.07, 6.45) is 4.95. The van der Waals surface area contributed by atoms with Gasteiger partial charge in [0.2, 0.25) is 11.8 Å². The highest BCUT2D eigenvalue weighted by molar-refractivity contribution is 5.89. The van der Waals surface area contributed by atoms with Crippen molar-refractivity contribution in [2.45, 2.75) is 37.8 Å². The number of nitriles is 1. The van der Waals surface area contributed by atoms with Crippen molar-refractivity contribution in [1.29, 1.82) is 5.26 Å². The molecule has 8 heteroatoms. The number of carbonyl (C=O) groups is 2. The fourth-order valence-corrected chi connectivity index (χ4v) is 6.07. The first-order valence-electron chi connectivity index (χ1n) is 15.6. The average molecular weight is 610 g/mol. The number of carbonyl (C=O) groups excluding carboxylic acids is 2. The Balaban J connectivity index is 1.08. The average Bonchev–Trinajstić information content (AvgIpc) is 3.11. The number of hydrogen-bond acceptors (Lipinski definition) is 6. The SMILES string of the molecule is N#CC(c1cccnc1)C1CCN(C(=O)C(NC(=O)Cc2cccc(OCc3ccc4ccccc4n3)c2)c2ccccc2)CC1. The van der Waals surface area contributed by atoms with Gasteiger partial charge in [-0.1, -0.05) is 72.8 Å². The minimum atomic E-state index is -0.811. The standard InChI is InChI=1S/C38H35N5O3/c39-24-34(31-12-7-19-40-25-31)28-17-20-43(21-18-28)38(45)37(30-10-2-1-3-11-30)42-36(44)23-27-8-6-13-33(22-27)46-26-32-16-15-29-9-4-5-14-35(29)41-32/h1-16,19,22,25,28,34,37H,17-18,20-21,23,26H2,(H,42,44). The van der Waals surface area contributed by atoms with Gasteiger partial charge in [-0.05, 0) is 65.8 Å². The third-order valence-corrected chi connectivity index (χ3v) is 8.50. The number of piperidine rings is 1. The molecule has 5 aromatic rings. The molecule has 0 spiro atoms. The van der Waals surface area contributed by atoms with Gasteiger partial charge in [0, 0.05) is 30.9 Å². The van der Waals surface area contributed by atoms with Crippen LogP contribution in [0.25, 0.3) is 10.9 Å². The molecule has 2 amide bonds. The predicted octanol–water partition coefficient (Wildman–Crippen LogP) is 6.15. The van der Waals surface area contributed by atoms with Crippen LogP contribution in [0.4, 0.5) is 0 Å². The Morgan fingerprint density at radius 1 is 0.913 bits per heavy atom. The molecule has 0 radical (unpaired) electrons. The Morgan fingerprint density at radius 3 is 2.48 bits per heavy atom. The Hall–Kier alpha value is -5.55. The molecule has 1 fully saturated rings. The Morgan fingerprint density at radius 2 is 1.70 bits per heavy atom. The van der Waals surface area contributed by atoms with Gasteiger partial charge in [0.15, 0.2) is 0 Å². The second-order valence-corrected chi connectivity index (χ2v) is 11.6. The molecule has 2 atom stereocenters. The highest BCUT2D eigenvalue weighted by atomic mass is 16.5. The summed E-state index contributed by atoms with van der Waals surface area (Å²) < 4.78 is 6.01. The summed E-state index contributed by atoms with van der Waals surface area (Å²) in [4.78, 5) is 37.9. The summed E-state index contributed by atoms with van der Waals surface area (Å²) >= 11 is 0. The summed E-state index contributed by atoms with van der Waals surface area (Å²) in [5.74, 6) is 0.105. The number of rotatable bonds is 10. The number of hydrogen-bond donors (Lipinski definition) is 1. The lowest BCUT2D eigenvalue weighted by Gasteiger charge is -2.36. The Bertz CT molecular complexity index is 1830. The molecule has 230 valence electrons. The van der Waals surface area contributed by atoms with Crippen molar-refractivity contribution < 1.29 is 14.3 Å². The van der Waals surface area contributed by atoms with Gasteiger partial charge in [-0.2, -0.15) is 5.26 Å². The van der Waals surface area contributed by atoms with Crippen molar-refractivity contribution >= 4 is 22.7 Å². The monoisotopic (exact) mass is 609 g/mol. The van der Waals surface area contributed by atoms with Gasteiger partial charge in [-0.15, -0.1) is 0 Å². The highest BCUT2D eigenvalue weighted by Gasteiger charge is 2.33. The molecule has 8 nitrogen and oxygen atoms in total. The van der Waals surface area contributed by atoms with E-state index in [4.69, 9.17) is 4.74 Å². The largest absolute Gasteiger partial charge is 0.487 e. The van der Waals surface area contributed by atoms with Crippen molar-refractivity contribution in [1.82, 2.24) is 20.2 Å². The molecular weight excluding hydrogens is 574 g/mol. The number of amides is 2. The van der Waals surface area contributed by atoms with E-state index in [-0.39, 0.29) is 30.1 Å². The topological polar surface area (TPSA) is 108 Å². The van der Waals surface area contributed by atoms with Crippen LogP contribution in [0.5, 0.6) is 5.75 Å². The quantitative estimate of drug-likeness (QED) is 0.203. The molecule has 0 bridgehead atoms. The highest BCUT2D eigenvalue weighted by Crippen LogP contribution is 2.33. The molecule has 0 aliphatic carbocycles. The maximum Gasteiger partial charge on any atom is 0.249 e. The van der Waals surface area contributed by atoms with Gasteiger partial charge >= 0.3 is 0 Å². The maximum atomic E-state index is 13.9. The number of fused-ring (bicyclic) bond motifs is 1. The number of ether oxygens (including phenoxy) is 1. The van der Waals surface area contributed by atoms with E-state index in [9.17, 15) is 14.9 Å². The van der Waals surface area contributed by atoms with Gasteiger partial charge < -0.3 is 15.0 Å². The van der Waals surface area contributed by atoms with Crippen LogP contribution in [0, 0.1) is 17.2 Å². The van der Waals surface area contributed by atoms with Crippen molar-refractivity contribution in [2.75, 3.05) is 13.1 Å². The van der Waals surface area contributed by atoms with Crippen LogP contribution in [-0.4, -0.2) is 39.8 Å². The van der Waals surface area contributed by atoms with Crippen molar-refractivity contribution in [3.8, 4) is 11.8 Å². The fourth-order valence-electron chi connectivity index (χ4n) is 6.07. The lowest BCUT2D eigenvalue weighted by atomic mass is 9.81. The van der Waals surface area contributed by atoms with E-state index in [1.54, 1.807) is 17.3 Å². The van der Waals surface area contributed by atoms with Crippen LogP contribution in [-0.2, 0) is 22.6 Å². The molecule has 3 aromatic carbocycles. The number of pyridine rings is 2. The van der Waals surface area contributed by atoms with Gasteiger partial charge in [0.1, 0.15) is 18.4 Å². The minimum Gasteiger partial charge on any atom is -0.487 e. The van der Waals surface area contributed by atoms with Crippen LogP contribution < -0.4 is 10.1 Å². The lowest BCUT2D eigenvalue weighted by molar-refractivity contribution is -0.137. The predicted molar refractivity (Wildman–Crippen MR) is 175 cm³/mol. The molecule has 1 saturated heterocycles. The molecule has 0 saturated carbocycles.